The lowest BCUT2D eigenvalue weighted by Crippen LogP contribution is -1.78. The molecule has 74 valence electrons. The highest BCUT2D eigenvalue weighted by Gasteiger charge is 1.91. The zero-order valence-corrected chi connectivity index (χ0v) is 9.65. The molecule has 0 aliphatic heterocycles. The third-order valence-corrected chi connectivity index (χ3v) is 2.11. The van der Waals surface area contributed by atoms with Crippen molar-refractivity contribution in [1.29, 1.82) is 0 Å². The molecule has 1 nitrogen and oxygen atoms in total. The SMILES string of the molecule is CC.CCOSc1ccc(C)cc1. The Morgan fingerprint density at radius 2 is 1.69 bits per heavy atom. The van der Waals surface area contributed by atoms with Crippen LogP contribution < -0.4 is 0 Å². The molecule has 0 N–H and O–H groups in total. The molecule has 0 saturated heterocycles. The average Bonchev–Trinajstić information content (AvgIpc) is 2.20. The molecule has 0 aliphatic rings. The number of hydrogen-bond donors (Lipinski definition) is 0. The smallest absolute Gasteiger partial charge is 0.0590 e. The van der Waals surface area contributed by atoms with Gasteiger partial charge in [-0.3, -0.25) is 0 Å². The first kappa shape index (κ1) is 12.5. The van der Waals surface area contributed by atoms with Crippen LogP contribution in [0.1, 0.15) is 26.3 Å². The monoisotopic (exact) mass is 198 g/mol. The van der Waals surface area contributed by atoms with E-state index < -0.39 is 0 Å². The Labute approximate surface area is 85.7 Å². The van der Waals surface area contributed by atoms with Gasteiger partial charge in [0.25, 0.3) is 0 Å². The normalized spacial score (nSPS) is 8.92. The number of hydrogen-bond acceptors (Lipinski definition) is 2. The zero-order chi connectivity index (χ0) is 10.1. The lowest BCUT2D eigenvalue weighted by molar-refractivity contribution is 0.402. The van der Waals surface area contributed by atoms with Crippen molar-refractivity contribution in [2.24, 2.45) is 0 Å². The third kappa shape index (κ3) is 5.72. The summed E-state index contributed by atoms with van der Waals surface area (Å²) in [4.78, 5) is 1.16. The molecule has 0 aromatic heterocycles. The topological polar surface area (TPSA) is 9.23 Å². The summed E-state index contributed by atoms with van der Waals surface area (Å²) in [5, 5.41) is 0. The minimum Gasteiger partial charge on any atom is -0.311 e. The fraction of sp³-hybridized carbons (Fsp3) is 0.455. The van der Waals surface area contributed by atoms with Crippen LogP contribution in [-0.2, 0) is 4.18 Å². The Kier molecular flexibility index (Phi) is 7.85. The second kappa shape index (κ2) is 8.14. The Balaban J connectivity index is 0.000000671. The molecule has 1 aromatic carbocycles. The second-order valence-corrected chi connectivity index (χ2v) is 3.18. The van der Waals surface area contributed by atoms with Crippen molar-refractivity contribution in [3.63, 3.8) is 0 Å². The van der Waals surface area contributed by atoms with Crippen LogP contribution >= 0.6 is 12.0 Å². The Morgan fingerprint density at radius 3 is 2.15 bits per heavy atom. The van der Waals surface area contributed by atoms with E-state index >= 15 is 0 Å². The van der Waals surface area contributed by atoms with Gasteiger partial charge in [-0.1, -0.05) is 31.5 Å². The van der Waals surface area contributed by atoms with Gasteiger partial charge in [-0.25, -0.2) is 0 Å². The molecule has 13 heavy (non-hydrogen) atoms. The highest BCUT2D eigenvalue weighted by molar-refractivity contribution is 7.94. The van der Waals surface area contributed by atoms with E-state index in [1.54, 1.807) is 0 Å². The predicted molar refractivity (Wildman–Crippen MR) is 60.0 cm³/mol. The molecule has 1 aromatic rings. The minimum atomic E-state index is 0.749. The summed E-state index contributed by atoms with van der Waals surface area (Å²) in [6.07, 6.45) is 0. The van der Waals surface area contributed by atoms with Crippen LogP contribution in [-0.4, -0.2) is 6.61 Å². The highest BCUT2D eigenvalue weighted by atomic mass is 32.2. The van der Waals surface area contributed by atoms with Crippen molar-refractivity contribution in [2.45, 2.75) is 32.6 Å². The van der Waals surface area contributed by atoms with Crippen LogP contribution in [0.3, 0.4) is 0 Å². The van der Waals surface area contributed by atoms with Crippen LogP contribution in [0.4, 0.5) is 0 Å². The first-order valence-electron chi connectivity index (χ1n) is 4.69. The molecule has 0 aliphatic carbocycles. The van der Waals surface area contributed by atoms with Gasteiger partial charge >= 0.3 is 0 Å². The molecule has 0 atom stereocenters. The summed E-state index contributed by atoms with van der Waals surface area (Å²) in [6.45, 7) is 8.81. The Bertz CT molecular complexity index is 206. The molecule has 0 bridgehead atoms. The van der Waals surface area contributed by atoms with Gasteiger partial charge in [-0.2, -0.15) is 0 Å². The molecular weight excluding hydrogens is 180 g/mol. The third-order valence-electron chi connectivity index (χ3n) is 1.29. The predicted octanol–water partition coefficient (Wildman–Crippen LogP) is 4.06. The summed E-state index contributed by atoms with van der Waals surface area (Å²) < 4.78 is 5.18. The average molecular weight is 198 g/mol. The summed E-state index contributed by atoms with van der Waals surface area (Å²) >= 11 is 1.43. The first-order chi connectivity index (χ1) is 6.33. The van der Waals surface area contributed by atoms with Gasteiger partial charge in [0.2, 0.25) is 0 Å². The lowest BCUT2D eigenvalue weighted by atomic mass is 10.2. The maximum atomic E-state index is 5.18. The molecule has 0 unspecified atom stereocenters. The van der Waals surface area contributed by atoms with Gasteiger partial charge in [0.05, 0.1) is 6.61 Å². The van der Waals surface area contributed by atoms with Crippen molar-refractivity contribution < 1.29 is 4.18 Å². The molecule has 0 amide bonds. The molecule has 0 spiro atoms. The van der Waals surface area contributed by atoms with Gasteiger partial charge < -0.3 is 4.18 Å². The highest BCUT2D eigenvalue weighted by Crippen LogP contribution is 2.18. The van der Waals surface area contributed by atoms with Crippen molar-refractivity contribution in [2.75, 3.05) is 6.61 Å². The number of rotatable bonds is 3. The first-order valence-corrected chi connectivity index (χ1v) is 5.43. The maximum Gasteiger partial charge on any atom is 0.0590 e. The van der Waals surface area contributed by atoms with Gasteiger partial charge in [-0.05, 0) is 26.0 Å². The zero-order valence-electron chi connectivity index (χ0n) is 8.83. The van der Waals surface area contributed by atoms with Crippen LogP contribution in [0, 0.1) is 6.92 Å². The van der Waals surface area contributed by atoms with Crippen molar-refractivity contribution >= 4 is 12.0 Å². The van der Waals surface area contributed by atoms with E-state index in [4.69, 9.17) is 4.18 Å². The molecule has 0 fully saturated rings. The Morgan fingerprint density at radius 1 is 1.15 bits per heavy atom. The van der Waals surface area contributed by atoms with Crippen LogP contribution in [0.5, 0.6) is 0 Å². The summed E-state index contributed by atoms with van der Waals surface area (Å²) in [6, 6.07) is 8.30. The maximum absolute atomic E-state index is 5.18. The van der Waals surface area contributed by atoms with E-state index in [1.165, 1.54) is 17.6 Å². The van der Waals surface area contributed by atoms with Crippen molar-refractivity contribution in [3.8, 4) is 0 Å². The summed E-state index contributed by atoms with van der Waals surface area (Å²) in [5.41, 5.74) is 1.28. The molecule has 1 rings (SSSR count). The lowest BCUT2D eigenvalue weighted by Gasteiger charge is -1.98. The van der Waals surface area contributed by atoms with Crippen LogP contribution in [0.25, 0.3) is 0 Å². The fourth-order valence-electron chi connectivity index (χ4n) is 0.721. The van der Waals surface area contributed by atoms with E-state index in [0.717, 1.165) is 11.5 Å². The largest absolute Gasteiger partial charge is 0.311 e. The van der Waals surface area contributed by atoms with Crippen molar-refractivity contribution in [3.05, 3.63) is 29.8 Å². The standard InChI is InChI=1S/C9H12OS.C2H6/c1-3-10-11-9-6-4-8(2)5-7-9;1-2/h4-7H,3H2,1-2H3;1-2H3. The van der Waals surface area contributed by atoms with Crippen molar-refractivity contribution in [1.82, 2.24) is 0 Å². The number of aryl methyl sites for hydroxylation is 1. The second-order valence-electron chi connectivity index (χ2n) is 2.30. The molecule has 2 heteroatoms. The quantitative estimate of drug-likeness (QED) is 0.677. The van der Waals surface area contributed by atoms with E-state index in [2.05, 4.69) is 31.2 Å². The van der Waals surface area contributed by atoms with E-state index in [-0.39, 0.29) is 0 Å². The molecule has 0 heterocycles. The number of benzene rings is 1. The van der Waals surface area contributed by atoms with Crippen LogP contribution in [0.15, 0.2) is 29.2 Å². The van der Waals surface area contributed by atoms with Crippen LogP contribution in [0.2, 0.25) is 0 Å². The molecule has 0 saturated carbocycles. The van der Waals surface area contributed by atoms with E-state index in [9.17, 15) is 0 Å². The van der Waals surface area contributed by atoms with E-state index in [0.29, 0.717) is 0 Å². The van der Waals surface area contributed by atoms with Gasteiger partial charge in [-0.15, -0.1) is 0 Å². The summed E-state index contributed by atoms with van der Waals surface area (Å²) in [7, 11) is 0. The molecular formula is C11H18OS. The van der Waals surface area contributed by atoms with Gasteiger partial charge in [0, 0.05) is 16.9 Å². The summed E-state index contributed by atoms with van der Waals surface area (Å²) in [5.74, 6) is 0. The van der Waals surface area contributed by atoms with Gasteiger partial charge in [0.1, 0.15) is 0 Å². The minimum absolute atomic E-state index is 0.749. The van der Waals surface area contributed by atoms with E-state index in [1.807, 2.05) is 20.8 Å². The fourth-order valence-corrected chi connectivity index (χ4v) is 1.22. The van der Waals surface area contributed by atoms with Gasteiger partial charge in [0.15, 0.2) is 0 Å². The molecule has 0 radical (unpaired) electrons. The Hall–Kier alpha value is -0.470.